The highest BCUT2D eigenvalue weighted by atomic mass is 15.1. The summed E-state index contributed by atoms with van der Waals surface area (Å²) in [7, 11) is 0. The Balaban J connectivity index is 2.83. The number of hydrogen-bond acceptors (Lipinski definition) is 2. The summed E-state index contributed by atoms with van der Waals surface area (Å²) >= 11 is 0. The second-order valence-corrected chi connectivity index (χ2v) is 5.75. The van der Waals surface area contributed by atoms with Crippen LogP contribution >= 0.6 is 0 Å². The van der Waals surface area contributed by atoms with E-state index in [4.69, 9.17) is 0 Å². The third kappa shape index (κ3) is 4.54. The fourth-order valence-electron chi connectivity index (χ4n) is 2.47. The van der Waals surface area contributed by atoms with Crippen molar-refractivity contribution in [1.29, 1.82) is 0 Å². The minimum atomic E-state index is 0.328. The maximum Gasteiger partial charge on any atom is 0.0396 e. The Morgan fingerprint density at radius 3 is 2.37 bits per heavy atom. The number of benzene rings is 1. The molecule has 1 N–H and O–H groups in total. The van der Waals surface area contributed by atoms with Crippen LogP contribution in [0.2, 0.25) is 0 Å². The molecule has 0 saturated heterocycles. The van der Waals surface area contributed by atoms with Crippen LogP contribution in [0.1, 0.15) is 39.7 Å². The van der Waals surface area contributed by atoms with Gasteiger partial charge in [0.2, 0.25) is 0 Å². The Morgan fingerprint density at radius 2 is 1.84 bits per heavy atom. The maximum atomic E-state index is 3.51. The molecule has 0 saturated carbocycles. The molecule has 2 nitrogen and oxygen atoms in total. The van der Waals surface area contributed by atoms with Crippen LogP contribution in [-0.2, 0) is 0 Å². The first kappa shape index (κ1) is 16.0. The number of hydrogen-bond donors (Lipinski definition) is 1. The van der Waals surface area contributed by atoms with Crippen LogP contribution in [0, 0.1) is 12.3 Å². The lowest BCUT2D eigenvalue weighted by Gasteiger charge is -2.36. The highest BCUT2D eigenvalue weighted by Crippen LogP contribution is 2.27. The van der Waals surface area contributed by atoms with Crippen LogP contribution in [0.5, 0.6) is 0 Å². The van der Waals surface area contributed by atoms with E-state index in [1.165, 1.54) is 17.7 Å². The minimum absolute atomic E-state index is 0.328. The average Bonchev–Trinajstić information content (AvgIpc) is 2.43. The van der Waals surface area contributed by atoms with Crippen molar-refractivity contribution in [1.82, 2.24) is 5.32 Å². The average molecular weight is 262 g/mol. The standard InChI is InChI=1S/C17H30N2/c1-6-17(5,13-18-7-2)14-19(8-3)16-12-10-9-11-15(16)4/h9-12,18H,6-8,13-14H2,1-5H3. The number of aryl methyl sites for hydroxylation is 1. The van der Waals surface area contributed by atoms with Gasteiger partial charge in [-0.3, -0.25) is 0 Å². The zero-order valence-corrected chi connectivity index (χ0v) is 13.3. The number of para-hydroxylation sites is 1. The topological polar surface area (TPSA) is 15.3 Å². The highest BCUT2D eigenvalue weighted by Gasteiger charge is 2.25. The molecule has 1 aromatic carbocycles. The summed E-state index contributed by atoms with van der Waals surface area (Å²) in [5.41, 5.74) is 3.07. The summed E-state index contributed by atoms with van der Waals surface area (Å²) in [5.74, 6) is 0. The van der Waals surface area contributed by atoms with Crippen molar-refractivity contribution in [3.8, 4) is 0 Å². The van der Waals surface area contributed by atoms with E-state index in [0.717, 1.165) is 26.2 Å². The Kier molecular flexibility index (Phi) is 6.36. The van der Waals surface area contributed by atoms with E-state index in [-0.39, 0.29) is 0 Å². The largest absolute Gasteiger partial charge is 0.371 e. The van der Waals surface area contributed by atoms with Crippen LogP contribution in [-0.4, -0.2) is 26.2 Å². The molecule has 0 aliphatic carbocycles. The van der Waals surface area contributed by atoms with E-state index < -0.39 is 0 Å². The van der Waals surface area contributed by atoms with Crippen molar-refractivity contribution in [3.05, 3.63) is 29.8 Å². The Labute approximate surface area is 119 Å². The molecular formula is C17H30N2. The molecule has 0 amide bonds. The molecule has 1 aromatic rings. The van der Waals surface area contributed by atoms with Crippen molar-refractivity contribution in [3.63, 3.8) is 0 Å². The second kappa shape index (κ2) is 7.54. The Hall–Kier alpha value is -1.02. The molecule has 1 atom stereocenters. The fraction of sp³-hybridized carbons (Fsp3) is 0.647. The van der Waals surface area contributed by atoms with Gasteiger partial charge in [0, 0.05) is 25.3 Å². The molecule has 0 aliphatic rings. The first-order valence-electron chi connectivity index (χ1n) is 7.57. The molecule has 0 spiro atoms. The van der Waals surface area contributed by atoms with Gasteiger partial charge in [-0.1, -0.05) is 39.0 Å². The van der Waals surface area contributed by atoms with Crippen LogP contribution in [0.3, 0.4) is 0 Å². The zero-order chi connectivity index (χ0) is 14.3. The van der Waals surface area contributed by atoms with Crippen LogP contribution < -0.4 is 10.2 Å². The second-order valence-electron chi connectivity index (χ2n) is 5.75. The van der Waals surface area contributed by atoms with Crippen molar-refractivity contribution in [2.24, 2.45) is 5.41 Å². The van der Waals surface area contributed by atoms with Gasteiger partial charge in [0.05, 0.1) is 0 Å². The van der Waals surface area contributed by atoms with E-state index in [1.807, 2.05) is 0 Å². The molecule has 2 heteroatoms. The Bertz CT molecular complexity index is 375. The molecule has 0 radical (unpaired) electrons. The molecule has 0 heterocycles. The molecule has 19 heavy (non-hydrogen) atoms. The van der Waals surface area contributed by atoms with Crippen molar-refractivity contribution in [2.75, 3.05) is 31.1 Å². The van der Waals surface area contributed by atoms with Gasteiger partial charge in [0.1, 0.15) is 0 Å². The normalized spacial score (nSPS) is 14.2. The van der Waals surface area contributed by atoms with Gasteiger partial charge in [-0.2, -0.15) is 0 Å². The van der Waals surface area contributed by atoms with E-state index in [1.54, 1.807) is 0 Å². The fourth-order valence-corrected chi connectivity index (χ4v) is 2.47. The number of rotatable bonds is 8. The lowest BCUT2D eigenvalue weighted by Crippen LogP contribution is -2.42. The third-order valence-electron chi connectivity index (χ3n) is 4.07. The SMILES string of the molecule is CCNCC(C)(CC)CN(CC)c1ccccc1C. The highest BCUT2D eigenvalue weighted by molar-refractivity contribution is 5.53. The lowest BCUT2D eigenvalue weighted by atomic mass is 9.86. The predicted molar refractivity (Wildman–Crippen MR) is 86.0 cm³/mol. The van der Waals surface area contributed by atoms with Gasteiger partial charge in [-0.15, -0.1) is 0 Å². The van der Waals surface area contributed by atoms with Crippen molar-refractivity contribution >= 4 is 5.69 Å². The molecule has 0 aromatic heterocycles. The first-order valence-corrected chi connectivity index (χ1v) is 7.57. The number of anilines is 1. The first-order chi connectivity index (χ1) is 9.06. The zero-order valence-electron chi connectivity index (χ0n) is 13.3. The van der Waals surface area contributed by atoms with Gasteiger partial charge in [0.25, 0.3) is 0 Å². The molecule has 0 bridgehead atoms. The summed E-state index contributed by atoms with van der Waals surface area (Å²) < 4.78 is 0. The van der Waals surface area contributed by atoms with E-state index in [9.17, 15) is 0 Å². The van der Waals surface area contributed by atoms with Gasteiger partial charge >= 0.3 is 0 Å². The van der Waals surface area contributed by atoms with Crippen LogP contribution in [0.25, 0.3) is 0 Å². The monoisotopic (exact) mass is 262 g/mol. The quantitative estimate of drug-likeness (QED) is 0.765. The maximum absolute atomic E-state index is 3.51. The number of nitrogens with zero attached hydrogens (tertiary/aromatic N) is 1. The molecular weight excluding hydrogens is 232 g/mol. The molecule has 0 aliphatic heterocycles. The molecule has 1 unspecified atom stereocenters. The summed E-state index contributed by atoms with van der Waals surface area (Å²) in [6.07, 6.45) is 1.20. The van der Waals surface area contributed by atoms with E-state index in [2.05, 4.69) is 69.1 Å². The van der Waals surface area contributed by atoms with Gasteiger partial charge in [-0.25, -0.2) is 0 Å². The van der Waals surface area contributed by atoms with Crippen LogP contribution in [0.15, 0.2) is 24.3 Å². The summed E-state index contributed by atoms with van der Waals surface area (Å²) in [4.78, 5) is 2.51. The smallest absolute Gasteiger partial charge is 0.0396 e. The summed E-state index contributed by atoms with van der Waals surface area (Å²) in [5, 5.41) is 3.51. The lowest BCUT2D eigenvalue weighted by molar-refractivity contribution is 0.298. The van der Waals surface area contributed by atoms with E-state index in [0.29, 0.717) is 5.41 Å². The molecule has 108 valence electrons. The van der Waals surface area contributed by atoms with E-state index >= 15 is 0 Å². The predicted octanol–water partition coefficient (Wildman–Crippen LogP) is 3.85. The number of nitrogens with one attached hydrogen (secondary N) is 1. The molecule has 0 fully saturated rings. The van der Waals surface area contributed by atoms with Gasteiger partial charge in [-0.05, 0) is 43.9 Å². The minimum Gasteiger partial charge on any atom is -0.371 e. The van der Waals surface area contributed by atoms with Crippen LogP contribution in [0.4, 0.5) is 5.69 Å². The molecule has 1 rings (SSSR count). The Morgan fingerprint density at radius 1 is 1.16 bits per heavy atom. The third-order valence-corrected chi connectivity index (χ3v) is 4.07. The van der Waals surface area contributed by atoms with Gasteiger partial charge < -0.3 is 10.2 Å². The van der Waals surface area contributed by atoms with Crippen molar-refractivity contribution < 1.29 is 0 Å². The summed E-state index contributed by atoms with van der Waals surface area (Å²) in [6.45, 7) is 15.6. The van der Waals surface area contributed by atoms with Gasteiger partial charge in [0.15, 0.2) is 0 Å². The van der Waals surface area contributed by atoms with Crippen molar-refractivity contribution in [2.45, 2.75) is 41.0 Å². The summed E-state index contributed by atoms with van der Waals surface area (Å²) in [6, 6.07) is 8.69.